The van der Waals surface area contributed by atoms with Crippen molar-refractivity contribution in [1.82, 2.24) is 4.90 Å². The Morgan fingerprint density at radius 1 is 1.44 bits per heavy atom. The molecule has 1 aromatic carbocycles. The first-order chi connectivity index (χ1) is 11.9. The average molecular weight is 352 g/mol. The van der Waals surface area contributed by atoms with Crippen LogP contribution in [-0.4, -0.2) is 36.7 Å². The van der Waals surface area contributed by atoms with Gasteiger partial charge >= 0.3 is 12.3 Å². The number of halogens is 3. The van der Waals surface area contributed by atoms with Crippen LogP contribution in [0.2, 0.25) is 0 Å². The predicted octanol–water partition coefficient (Wildman–Crippen LogP) is 3.60. The van der Waals surface area contributed by atoms with E-state index in [0.717, 1.165) is 38.1 Å². The van der Waals surface area contributed by atoms with Crippen LogP contribution in [0.3, 0.4) is 0 Å². The van der Waals surface area contributed by atoms with Crippen molar-refractivity contribution in [2.24, 2.45) is 11.8 Å². The molecule has 3 fully saturated rings. The molecular formula is C18H19F3N2O2. The van der Waals surface area contributed by atoms with Gasteiger partial charge in [-0.25, -0.2) is 4.79 Å². The van der Waals surface area contributed by atoms with E-state index in [1.165, 1.54) is 12.1 Å². The molecule has 0 aromatic heterocycles. The topological polar surface area (TPSA) is 41.6 Å². The number of anilines is 1. The molecule has 3 saturated heterocycles. The Balaban J connectivity index is 1.52. The van der Waals surface area contributed by atoms with E-state index in [9.17, 15) is 18.0 Å². The first-order valence-corrected chi connectivity index (χ1v) is 8.18. The van der Waals surface area contributed by atoms with Gasteiger partial charge < -0.3 is 4.74 Å². The van der Waals surface area contributed by atoms with Crippen molar-refractivity contribution in [2.75, 3.05) is 25.0 Å². The van der Waals surface area contributed by atoms with Gasteiger partial charge in [-0.1, -0.05) is 6.07 Å². The second kappa shape index (κ2) is 6.96. The van der Waals surface area contributed by atoms with E-state index in [2.05, 4.69) is 16.1 Å². The molecule has 134 valence electrons. The molecular weight excluding hydrogens is 333 g/mol. The summed E-state index contributed by atoms with van der Waals surface area (Å²) in [5, 5.41) is 2.35. The van der Waals surface area contributed by atoms with Gasteiger partial charge in [0.15, 0.2) is 0 Å². The zero-order valence-electron chi connectivity index (χ0n) is 13.6. The van der Waals surface area contributed by atoms with Gasteiger partial charge in [0.2, 0.25) is 0 Å². The molecule has 3 aliphatic heterocycles. The fourth-order valence-corrected chi connectivity index (χ4v) is 3.60. The van der Waals surface area contributed by atoms with Crippen LogP contribution in [0.15, 0.2) is 24.3 Å². The summed E-state index contributed by atoms with van der Waals surface area (Å²) in [5.74, 6) is 3.52. The molecule has 0 saturated carbocycles. The molecule has 0 radical (unpaired) electrons. The SMILES string of the molecule is C#C[C@H]1CN2CC[C@H]1C[C@@H]2COC(=O)Nc1cccc(C(F)(F)F)c1. The summed E-state index contributed by atoms with van der Waals surface area (Å²) in [6, 6.07) is 4.58. The van der Waals surface area contributed by atoms with Crippen LogP contribution >= 0.6 is 0 Å². The van der Waals surface area contributed by atoms with Crippen LogP contribution in [0.1, 0.15) is 18.4 Å². The van der Waals surface area contributed by atoms with E-state index in [1.54, 1.807) is 0 Å². The third kappa shape index (κ3) is 4.07. The summed E-state index contributed by atoms with van der Waals surface area (Å²) < 4.78 is 43.2. The number of nitrogens with zero attached hydrogens (tertiary/aromatic N) is 1. The van der Waals surface area contributed by atoms with Gasteiger partial charge in [0, 0.05) is 24.2 Å². The summed E-state index contributed by atoms with van der Waals surface area (Å²) in [6.45, 7) is 1.95. The maximum absolute atomic E-state index is 12.7. The molecule has 3 heterocycles. The summed E-state index contributed by atoms with van der Waals surface area (Å²) in [5.41, 5.74) is -0.765. The monoisotopic (exact) mass is 352 g/mol. The van der Waals surface area contributed by atoms with Gasteiger partial charge in [0.05, 0.1) is 5.56 Å². The number of piperidine rings is 3. The summed E-state index contributed by atoms with van der Waals surface area (Å²) in [4.78, 5) is 14.1. The third-order valence-corrected chi connectivity index (χ3v) is 4.94. The normalized spacial score (nSPS) is 28.2. The van der Waals surface area contributed by atoms with Crippen molar-refractivity contribution in [3.63, 3.8) is 0 Å². The quantitative estimate of drug-likeness (QED) is 0.845. The number of hydrogen-bond acceptors (Lipinski definition) is 3. The van der Waals surface area contributed by atoms with Crippen LogP contribution in [0, 0.1) is 24.2 Å². The van der Waals surface area contributed by atoms with E-state index < -0.39 is 17.8 Å². The lowest BCUT2D eigenvalue weighted by molar-refractivity contribution is -0.137. The van der Waals surface area contributed by atoms with Gasteiger partial charge in [-0.3, -0.25) is 10.2 Å². The van der Waals surface area contributed by atoms with Crippen molar-refractivity contribution >= 4 is 11.8 Å². The Hall–Kier alpha value is -2.20. The molecule has 25 heavy (non-hydrogen) atoms. The Bertz CT molecular complexity index is 684. The number of carbonyl (C=O) groups is 1. The van der Waals surface area contributed by atoms with Gasteiger partial charge in [0.25, 0.3) is 0 Å². The summed E-state index contributed by atoms with van der Waals surface area (Å²) in [6.07, 6.45) is 2.26. The lowest BCUT2D eigenvalue weighted by Crippen LogP contribution is -2.54. The number of benzene rings is 1. The number of fused-ring (bicyclic) bond motifs is 3. The van der Waals surface area contributed by atoms with Crippen LogP contribution < -0.4 is 5.32 Å². The first-order valence-electron chi connectivity index (χ1n) is 8.18. The van der Waals surface area contributed by atoms with E-state index in [1.807, 2.05) is 0 Å². The molecule has 0 aliphatic carbocycles. The minimum absolute atomic E-state index is 0.0534. The standard InChI is InChI=1S/C18H19F3N2O2/c1-2-12-10-23-7-6-13(12)8-16(23)11-25-17(24)22-15-5-3-4-14(9-15)18(19,20)21/h1,3-5,9,12-13,16H,6-8,10-11H2,(H,22,24)/t12-,13-,16+/m0/s1. The highest BCUT2D eigenvalue weighted by Crippen LogP contribution is 2.36. The van der Waals surface area contributed by atoms with Gasteiger partial charge in [0.1, 0.15) is 6.61 Å². The van der Waals surface area contributed by atoms with Crippen molar-refractivity contribution in [1.29, 1.82) is 0 Å². The van der Waals surface area contributed by atoms with E-state index in [4.69, 9.17) is 11.2 Å². The highest BCUT2D eigenvalue weighted by Gasteiger charge is 2.39. The minimum atomic E-state index is -4.45. The predicted molar refractivity (Wildman–Crippen MR) is 86.8 cm³/mol. The lowest BCUT2D eigenvalue weighted by Gasteiger charge is -2.48. The Kier molecular flexibility index (Phi) is 4.91. The largest absolute Gasteiger partial charge is 0.448 e. The number of ether oxygens (including phenoxy) is 1. The van der Waals surface area contributed by atoms with Gasteiger partial charge in [-0.05, 0) is 43.5 Å². The Morgan fingerprint density at radius 2 is 2.24 bits per heavy atom. The fourth-order valence-electron chi connectivity index (χ4n) is 3.60. The van der Waals surface area contributed by atoms with Crippen molar-refractivity contribution in [3.05, 3.63) is 29.8 Å². The van der Waals surface area contributed by atoms with Crippen LogP contribution in [0.4, 0.5) is 23.7 Å². The first kappa shape index (κ1) is 17.6. The molecule has 4 rings (SSSR count). The second-order valence-electron chi connectivity index (χ2n) is 6.51. The van der Waals surface area contributed by atoms with Crippen molar-refractivity contribution < 1.29 is 22.7 Å². The molecule has 3 aliphatic rings. The molecule has 1 N–H and O–H groups in total. The summed E-state index contributed by atoms with van der Waals surface area (Å²) in [7, 11) is 0. The highest BCUT2D eigenvalue weighted by molar-refractivity contribution is 5.84. The zero-order chi connectivity index (χ0) is 18.0. The maximum atomic E-state index is 12.7. The zero-order valence-corrected chi connectivity index (χ0v) is 13.6. The van der Waals surface area contributed by atoms with Crippen molar-refractivity contribution in [3.8, 4) is 12.3 Å². The maximum Gasteiger partial charge on any atom is 0.416 e. The molecule has 1 unspecified atom stereocenters. The molecule has 1 amide bonds. The molecule has 2 bridgehead atoms. The van der Waals surface area contributed by atoms with E-state index in [-0.39, 0.29) is 24.3 Å². The average Bonchev–Trinajstić information content (AvgIpc) is 2.60. The van der Waals surface area contributed by atoms with Crippen molar-refractivity contribution in [2.45, 2.75) is 25.1 Å². The number of alkyl halides is 3. The van der Waals surface area contributed by atoms with Gasteiger partial charge in [-0.15, -0.1) is 12.3 Å². The second-order valence-corrected chi connectivity index (χ2v) is 6.51. The third-order valence-electron chi connectivity index (χ3n) is 4.94. The molecule has 4 nitrogen and oxygen atoms in total. The summed E-state index contributed by atoms with van der Waals surface area (Å²) >= 11 is 0. The van der Waals surface area contributed by atoms with Crippen LogP contribution in [0.5, 0.6) is 0 Å². The Morgan fingerprint density at radius 3 is 2.88 bits per heavy atom. The smallest absolute Gasteiger partial charge is 0.416 e. The molecule has 0 spiro atoms. The number of nitrogens with one attached hydrogen (secondary N) is 1. The number of amides is 1. The minimum Gasteiger partial charge on any atom is -0.448 e. The molecule has 1 aromatic rings. The number of rotatable bonds is 3. The number of hydrogen-bond donors (Lipinski definition) is 1. The van der Waals surface area contributed by atoms with E-state index >= 15 is 0 Å². The van der Waals surface area contributed by atoms with Gasteiger partial charge in [-0.2, -0.15) is 13.2 Å². The van der Waals surface area contributed by atoms with Crippen LogP contribution in [0.25, 0.3) is 0 Å². The lowest BCUT2D eigenvalue weighted by atomic mass is 9.76. The molecule has 7 heteroatoms. The Labute approximate surface area is 144 Å². The van der Waals surface area contributed by atoms with E-state index in [0.29, 0.717) is 5.92 Å². The van der Waals surface area contributed by atoms with Crippen LogP contribution in [-0.2, 0) is 10.9 Å². The number of terminal acetylenes is 1. The highest BCUT2D eigenvalue weighted by atomic mass is 19.4. The number of carbonyl (C=O) groups excluding carboxylic acids is 1. The molecule has 4 atom stereocenters. The fraction of sp³-hybridized carbons (Fsp3) is 0.500.